The van der Waals surface area contributed by atoms with E-state index >= 15 is 0 Å². The lowest BCUT2D eigenvalue weighted by atomic mass is 10.0. The van der Waals surface area contributed by atoms with Crippen molar-refractivity contribution in [2.75, 3.05) is 39.6 Å². The Hall–Kier alpha value is -1.94. The van der Waals surface area contributed by atoms with Crippen molar-refractivity contribution in [2.45, 2.75) is 400 Å². The van der Waals surface area contributed by atoms with Crippen molar-refractivity contribution in [2.24, 2.45) is 11.8 Å². The van der Waals surface area contributed by atoms with Crippen LogP contribution in [0.4, 0.5) is 0 Å². The molecule has 5 atom stereocenters. The second kappa shape index (κ2) is 66.0. The molecule has 0 aliphatic heterocycles. The second-order valence-corrected chi connectivity index (χ2v) is 30.5. The van der Waals surface area contributed by atoms with E-state index in [4.69, 9.17) is 37.0 Å². The number of ether oxygens (including phenoxy) is 4. The highest BCUT2D eigenvalue weighted by Gasteiger charge is 2.30. The number of unbranched alkanes of at least 4 members (excludes halogenated alkanes) is 43. The lowest BCUT2D eigenvalue weighted by Crippen LogP contribution is -2.30. The fourth-order valence-electron chi connectivity index (χ4n) is 11.3. The van der Waals surface area contributed by atoms with Crippen LogP contribution < -0.4 is 0 Å². The molecule has 0 heterocycles. The summed E-state index contributed by atoms with van der Waals surface area (Å²) in [5, 5.41) is 10.6. The molecule has 0 aliphatic carbocycles. The number of carbonyl (C=O) groups excluding carboxylic acids is 4. The average molecular weight is 1370 g/mol. The van der Waals surface area contributed by atoms with Crippen molar-refractivity contribution in [1.29, 1.82) is 0 Å². The van der Waals surface area contributed by atoms with Crippen LogP contribution in [0, 0.1) is 11.8 Å². The number of phosphoric ester groups is 2. The Labute approximate surface area is 568 Å². The van der Waals surface area contributed by atoms with Gasteiger partial charge in [0.2, 0.25) is 0 Å². The molecule has 0 spiro atoms. The molecule has 0 aromatic rings. The first-order valence-electron chi connectivity index (χ1n) is 38.5. The van der Waals surface area contributed by atoms with Crippen LogP contribution in [0.1, 0.15) is 382 Å². The predicted molar refractivity (Wildman–Crippen MR) is 377 cm³/mol. The van der Waals surface area contributed by atoms with E-state index in [9.17, 15) is 43.2 Å². The van der Waals surface area contributed by atoms with Crippen LogP contribution in [0.25, 0.3) is 0 Å². The van der Waals surface area contributed by atoms with Crippen molar-refractivity contribution < 1.29 is 80.2 Å². The first kappa shape index (κ1) is 91.1. The number of rotatable bonds is 73. The van der Waals surface area contributed by atoms with E-state index in [0.717, 1.165) is 102 Å². The van der Waals surface area contributed by atoms with Gasteiger partial charge in [-0.15, -0.1) is 0 Å². The molecule has 3 N–H and O–H groups in total. The fourth-order valence-corrected chi connectivity index (χ4v) is 12.9. The zero-order valence-corrected chi connectivity index (χ0v) is 62.3. The minimum atomic E-state index is -4.95. The molecule has 0 aromatic carbocycles. The molecular weight excluding hydrogens is 1220 g/mol. The average Bonchev–Trinajstić information content (AvgIpc) is 1.75. The lowest BCUT2D eigenvalue weighted by molar-refractivity contribution is -0.161. The van der Waals surface area contributed by atoms with Gasteiger partial charge in [0.1, 0.15) is 19.3 Å². The summed E-state index contributed by atoms with van der Waals surface area (Å²) in [6.45, 7) is 9.54. The molecule has 0 fully saturated rings. The van der Waals surface area contributed by atoms with E-state index in [2.05, 4.69) is 41.5 Å². The van der Waals surface area contributed by atoms with Crippen LogP contribution in [0.15, 0.2) is 0 Å². The molecule has 0 amide bonds. The van der Waals surface area contributed by atoms with Gasteiger partial charge in [-0.25, -0.2) is 9.13 Å². The zero-order valence-electron chi connectivity index (χ0n) is 60.6. The standard InChI is InChI=1S/C74H144O17P2/c1-7-9-11-13-15-17-19-21-23-28-32-38-44-50-56-71(76)84-62-69(90-74(79)59-53-47-40-34-30-26-25-27-31-36-42-48-54-66(3)4)64-88-92(80,81)86-60-68(75)61-87-93(82,83)89-65-70(63-85-72(77)57-51-45-41-35-37-43-49-55-67(5)6)91-73(78)58-52-46-39-33-29-24-22-20-18-16-14-12-10-8-2/h66-70,75H,7-65H2,1-6H3,(H,80,81)(H,82,83)/t68-,69-,70-/m1/s1. The van der Waals surface area contributed by atoms with Crippen molar-refractivity contribution in [3.8, 4) is 0 Å². The van der Waals surface area contributed by atoms with Crippen molar-refractivity contribution in [3.05, 3.63) is 0 Å². The molecule has 0 saturated heterocycles. The Kier molecular flexibility index (Phi) is 64.6. The summed E-state index contributed by atoms with van der Waals surface area (Å²) in [6.07, 6.45) is 52.6. The summed E-state index contributed by atoms with van der Waals surface area (Å²) in [7, 11) is -9.91. The Morgan fingerprint density at radius 3 is 0.731 bits per heavy atom. The van der Waals surface area contributed by atoms with Gasteiger partial charge in [0.15, 0.2) is 12.2 Å². The second-order valence-electron chi connectivity index (χ2n) is 27.6. The number of aliphatic hydroxyl groups excluding tert-OH is 1. The third-order valence-electron chi connectivity index (χ3n) is 17.2. The summed E-state index contributed by atoms with van der Waals surface area (Å²) in [5.74, 6) is -0.635. The van der Waals surface area contributed by atoms with Crippen molar-refractivity contribution in [1.82, 2.24) is 0 Å². The maximum atomic E-state index is 13.1. The molecule has 17 nitrogen and oxygen atoms in total. The smallest absolute Gasteiger partial charge is 0.462 e. The van der Waals surface area contributed by atoms with Crippen LogP contribution in [-0.4, -0.2) is 96.7 Å². The molecule has 0 aliphatic rings. The molecule has 19 heteroatoms. The summed E-state index contributed by atoms with van der Waals surface area (Å²) in [6, 6.07) is 0. The fraction of sp³-hybridized carbons (Fsp3) is 0.946. The predicted octanol–water partition coefficient (Wildman–Crippen LogP) is 21.6. The number of hydrogen-bond acceptors (Lipinski definition) is 15. The summed E-state index contributed by atoms with van der Waals surface area (Å²) in [5.41, 5.74) is 0. The van der Waals surface area contributed by atoms with Crippen LogP contribution in [0.5, 0.6) is 0 Å². The molecule has 2 unspecified atom stereocenters. The lowest BCUT2D eigenvalue weighted by Gasteiger charge is -2.21. The number of esters is 4. The molecule has 552 valence electrons. The van der Waals surface area contributed by atoms with Crippen LogP contribution in [0.3, 0.4) is 0 Å². The van der Waals surface area contributed by atoms with Gasteiger partial charge in [-0.3, -0.25) is 37.3 Å². The SMILES string of the molecule is CCCCCCCCCCCCCCCCC(=O)OC[C@H](COP(=O)(O)OC[C@@H](O)COP(=O)(O)OC[C@@H](COC(=O)CCCCCCCCCC(C)C)OC(=O)CCCCCCCCCCCCCCCC)OC(=O)CCCCCCCCCCCCCCC(C)C. The highest BCUT2D eigenvalue weighted by Crippen LogP contribution is 2.45. The van der Waals surface area contributed by atoms with Crippen LogP contribution in [0.2, 0.25) is 0 Å². The zero-order chi connectivity index (χ0) is 68.6. The summed E-state index contributed by atoms with van der Waals surface area (Å²) < 4.78 is 68.5. The Morgan fingerprint density at radius 1 is 0.290 bits per heavy atom. The molecule has 0 saturated carbocycles. The van der Waals surface area contributed by atoms with Crippen molar-refractivity contribution in [3.63, 3.8) is 0 Å². The Bertz CT molecular complexity index is 1800. The van der Waals surface area contributed by atoms with E-state index < -0.39 is 97.5 Å². The highest BCUT2D eigenvalue weighted by atomic mass is 31.2. The first-order valence-corrected chi connectivity index (χ1v) is 41.5. The largest absolute Gasteiger partial charge is 0.472 e. The van der Waals surface area contributed by atoms with E-state index in [-0.39, 0.29) is 25.7 Å². The van der Waals surface area contributed by atoms with Crippen molar-refractivity contribution >= 4 is 39.5 Å². The number of hydrogen-bond donors (Lipinski definition) is 3. The molecule has 0 radical (unpaired) electrons. The summed E-state index contributed by atoms with van der Waals surface area (Å²) in [4.78, 5) is 72.7. The van der Waals surface area contributed by atoms with Gasteiger partial charge in [-0.05, 0) is 37.5 Å². The maximum Gasteiger partial charge on any atom is 0.472 e. The molecule has 0 aromatic heterocycles. The summed E-state index contributed by atoms with van der Waals surface area (Å²) >= 11 is 0. The minimum absolute atomic E-state index is 0.107. The van der Waals surface area contributed by atoms with E-state index in [1.165, 1.54) is 193 Å². The molecular formula is C74H144O17P2. The Morgan fingerprint density at radius 2 is 0.495 bits per heavy atom. The monoisotopic (exact) mass is 1370 g/mol. The van der Waals surface area contributed by atoms with Gasteiger partial charge in [0, 0.05) is 25.7 Å². The third kappa shape index (κ3) is 68.4. The van der Waals surface area contributed by atoms with E-state index in [1.807, 2.05) is 0 Å². The van der Waals surface area contributed by atoms with Crippen LogP contribution in [-0.2, 0) is 65.4 Å². The van der Waals surface area contributed by atoms with Gasteiger partial charge < -0.3 is 33.8 Å². The number of aliphatic hydroxyl groups is 1. The van der Waals surface area contributed by atoms with E-state index in [0.29, 0.717) is 31.6 Å². The quantitative estimate of drug-likeness (QED) is 0.0222. The van der Waals surface area contributed by atoms with Gasteiger partial charge in [0.05, 0.1) is 26.4 Å². The molecule has 0 rings (SSSR count). The maximum absolute atomic E-state index is 13.1. The third-order valence-corrected chi connectivity index (χ3v) is 19.1. The van der Waals surface area contributed by atoms with Gasteiger partial charge in [-0.1, -0.05) is 330 Å². The first-order chi connectivity index (χ1) is 44.9. The minimum Gasteiger partial charge on any atom is -0.462 e. The van der Waals surface area contributed by atoms with Crippen LogP contribution >= 0.6 is 15.6 Å². The molecule has 0 bridgehead atoms. The number of phosphoric acid groups is 2. The van der Waals surface area contributed by atoms with Gasteiger partial charge in [0.25, 0.3) is 0 Å². The topological polar surface area (TPSA) is 237 Å². The van der Waals surface area contributed by atoms with E-state index in [1.54, 1.807) is 0 Å². The number of carbonyl (C=O) groups is 4. The normalized spacial score (nSPS) is 14.1. The van der Waals surface area contributed by atoms with Gasteiger partial charge in [-0.2, -0.15) is 0 Å². The highest BCUT2D eigenvalue weighted by molar-refractivity contribution is 7.47. The Balaban J connectivity index is 5.25. The van der Waals surface area contributed by atoms with Gasteiger partial charge >= 0.3 is 39.5 Å². The molecule has 93 heavy (non-hydrogen) atoms.